The van der Waals surface area contributed by atoms with E-state index < -0.39 is 0 Å². The molecule has 0 atom stereocenters. The lowest BCUT2D eigenvalue weighted by molar-refractivity contribution is 0.247. The molecule has 1 rings (SSSR count). The van der Waals surface area contributed by atoms with E-state index in [1.807, 2.05) is 0 Å². The van der Waals surface area contributed by atoms with Crippen LogP contribution in [0.2, 0.25) is 0 Å². The second-order valence-corrected chi connectivity index (χ2v) is 2.31. The van der Waals surface area contributed by atoms with Crippen molar-refractivity contribution in [2.45, 2.75) is 26.4 Å². The van der Waals surface area contributed by atoms with E-state index in [2.05, 4.69) is 6.92 Å². The second-order valence-electron chi connectivity index (χ2n) is 2.31. The number of aliphatic hydroxyl groups excluding tert-OH is 2. The monoisotopic (exact) mass is 172 g/mol. The fraction of sp³-hybridized carbons (Fsp3) is 0.556. The van der Waals surface area contributed by atoms with Crippen LogP contribution in [0.1, 0.15) is 25.5 Å². The standard InChI is InChI=1S/C5H6O2.C4H10O/c6-4-5-2-1-3-7-5;1-2-3-4-5/h1-3,6H,4H2;5H,2-4H2,1H3. The van der Waals surface area contributed by atoms with E-state index in [-0.39, 0.29) is 6.61 Å². The van der Waals surface area contributed by atoms with Crippen molar-refractivity contribution in [3.8, 4) is 0 Å². The van der Waals surface area contributed by atoms with Gasteiger partial charge < -0.3 is 14.6 Å². The molecule has 3 heteroatoms. The predicted molar refractivity (Wildman–Crippen MR) is 46.6 cm³/mol. The molecule has 12 heavy (non-hydrogen) atoms. The highest BCUT2D eigenvalue weighted by Gasteiger charge is 1.85. The van der Waals surface area contributed by atoms with E-state index in [1.54, 1.807) is 12.1 Å². The van der Waals surface area contributed by atoms with E-state index in [0.717, 1.165) is 12.8 Å². The Morgan fingerprint density at radius 1 is 1.42 bits per heavy atom. The van der Waals surface area contributed by atoms with Crippen molar-refractivity contribution in [3.05, 3.63) is 24.2 Å². The first-order chi connectivity index (χ1) is 5.85. The summed E-state index contributed by atoms with van der Waals surface area (Å²) in [5.41, 5.74) is 0. The fourth-order valence-electron chi connectivity index (χ4n) is 0.561. The molecule has 0 unspecified atom stereocenters. The van der Waals surface area contributed by atoms with Crippen molar-refractivity contribution in [3.63, 3.8) is 0 Å². The molecule has 0 aliphatic heterocycles. The Hall–Kier alpha value is -0.800. The predicted octanol–water partition coefficient (Wildman–Crippen LogP) is 1.55. The van der Waals surface area contributed by atoms with Crippen molar-refractivity contribution in [2.24, 2.45) is 0 Å². The van der Waals surface area contributed by atoms with Crippen molar-refractivity contribution in [1.29, 1.82) is 0 Å². The molecule has 2 N–H and O–H groups in total. The Morgan fingerprint density at radius 3 is 2.33 bits per heavy atom. The quantitative estimate of drug-likeness (QED) is 0.727. The third kappa shape index (κ3) is 5.95. The summed E-state index contributed by atoms with van der Waals surface area (Å²) in [5.74, 6) is 0.611. The summed E-state index contributed by atoms with van der Waals surface area (Å²) < 4.78 is 4.73. The third-order valence-electron chi connectivity index (χ3n) is 1.25. The largest absolute Gasteiger partial charge is 0.467 e. The zero-order chi connectivity index (χ0) is 9.23. The van der Waals surface area contributed by atoms with Gasteiger partial charge in [0, 0.05) is 6.61 Å². The molecular formula is C9H16O3. The van der Waals surface area contributed by atoms with E-state index in [9.17, 15) is 0 Å². The van der Waals surface area contributed by atoms with Gasteiger partial charge in [0.1, 0.15) is 12.4 Å². The zero-order valence-corrected chi connectivity index (χ0v) is 7.36. The molecule has 0 aromatic carbocycles. The van der Waals surface area contributed by atoms with Crippen LogP contribution in [-0.2, 0) is 6.61 Å². The number of rotatable bonds is 3. The zero-order valence-electron chi connectivity index (χ0n) is 7.36. The van der Waals surface area contributed by atoms with Gasteiger partial charge in [0.2, 0.25) is 0 Å². The minimum atomic E-state index is -0.00694. The number of unbranched alkanes of at least 4 members (excludes halogenated alkanes) is 1. The normalized spacial score (nSPS) is 8.92. The number of furan rings is 1. The molecule has 1 heterocycles. The molecule has 0 spiro atoms. The van der Waals surface area contributed by atoms with Crippen LogP contribution in [0.15, 0.2) is 22.8 Å². The summed E-state index contributed by atoms with van der Waals surface area (Å²) in [6.45, 7) is 2.39. The molecule has 0 fully saturated rings. The molecule has 3 nitrogen and oxygen atoms in total. The lowest BCUT2D eigenvalue weighted by Crippen LogP contribution is -1.75. The third-order valence-corrected chi connectivity index (χ3v) is 1.25. The Balaban J connectivity index is 0.000000217. The average molecular weight is 172 g/mol. The number of aliphatic hydroxyl groups is 2. The van der Waals surface area contributed by atoms with Crippen LogP contribution in [0.3, 0.4) is 0 Å². The van der Waals surface area contributed by atoms with Crippen LogP contribution in [0.4, 0.5) is 0 Å². The summed E-state index contributed by atoms with van der Waals surface area (Å²) in [6.07, 6.45) is 3.57. The average Bonchev–Trinajstić information content (AvgIpc) is 2.58. The summed E-state index contributed by atoms with van der Waals surface area (Å²) in [6, 6.07) is 3.46. The van der Waals surface area contributed by atoms with E-state index >= 15 is 0 Å². The van der Waals surface area contributed by atoms with Gasteiger partial charge in [0.15, 0.2) is 0 Å². The van der Waals surface area contributed by atoms with Crippen LogP contribution >= 0.6 is 0 Å². The molecule has 1 aromatic rings. The fourth-order valence-corrected chi connectivity index (χ4v) is 0.561. The Morgan fingerprint density at radius 2 is 2.17 bits per heavy atom. The van der Waals surface area contributed by atoms with Crippen molar-refractivity contribution < 1.29 is 14.6 Å². The van der Waals surface area contributed by atoms with Crippen LogP contribution in [0, 0.1) is 0 Å². The maximum atomic E-state index is 8.33. The van der Waals surface area contributed by atoms with Gasteiger partial charge in [0.25, 0.3) is 0 Å². The summed E-state index contributed by atoms with van der Waals surface area (Å²) in [7, 11) is 0. The molecule has 0 bridgehead atoms. The summed E-state index contributed by atoms with van der Waals surface area (Å²) in [4.78, 5) is 0. The van der Waals surface area contributed by atoms with Gasteiger partial charge in [-0.25, -0.2) is 0 Å². The minimum absolute atomic E-state index is 0.00694. The molecule has 0 aliphatic carbocycles. The van der Waals surface area contributed by atoms with E-state index in [0.29, 0.717) is 12.4 Å². The Labute approximate surface area is 72.6 Å². The SMILES string of the molecule is CCCCO.OCc1ccco1. The van der Waals surface area contributed by atoms with Crippen molar-refractivity contribution in [2.75, 3.05) is 6.61 Å². The van der Waals surface area contributed by atoms with Crippen LogP contribution < -0.4 is 0 Å². The summed E-state index contributed by atoms with van der Waals surface area (Å²) in [5, 5.41) is 16.4. The van der Waals surface area contributed by atoms with Gasteiger partial charge >= 0.3 is 0 Å². The second kappa shape index (κ2) is 8.30. The molecule has 0 amide bonds. The highest BCUT2D eigenvalue weighted by Crippen LogP contribution is 1.96. The van der Waals surface area contributed by atoms with Crippen LogP contribution in [-0.4, -0.2) is 16.8 Å². The smallest absolute Gasteiger partial charge is 0.129 e. The van der Waals surface area contributed by atoms with Gasteiger partial charge in [-0.15, -0.1) is 0 Å². The summed E-state index contributed by atoms with van der Waals surface area (Å²) >= 11 is 0. The first-order valence-electron chi connectivity index (χ1n) is 4.09. The molecule has 70 valence electrons. The number of hydrogen-bond acceptors (Lipinski definition) is 3. The van der Waals surface area contributed by atoms with E-state index in [1.165, 1.54) is 6.26 Å². The molecule has 1 aromatic heterocycles. The van der Waals surface area contributed by atoms with Gasteiger partial charge in [-0.3, -0.25) is 0 Å². The number of hydrogen-bond donors (Lipinski definition) is 2. The lowest BCUT2D eigenvalue weighted by Gasteiger charge is -1.79. The van der Waals surface area contributed by atoms with Gasteiger partial charge in [-0.2, -0.15) is 0 Å². The maximum Gasteiger partial charge on any atom is 0.129 e. The first kappa shape index (κ1) is 11.2. The minimum Gasteiger partial charge on any atom is -0.467 e. The highest BCUT2D eigenvalue weighted by molar-refractivity contribution is 4.95. The molecule has 0 saturated heterocycles. The van der Waals surface area contributed by atoms with Crippen molar-refractivity contribution in [1.82, 2.24) is 0 Å². The van der Waals surface area contributed by atoms with Crippen LogP contribution in [0.5, 0.6) is 0 Å². The van der Waals surface area contributed by atoms with Crippen molar-refractivity contribution >= 4 is 0 Å². The maximum absolute atomic E-state index is 8.33. The van der Waals surface area contributed by atoms with Gasteiger partial charge in [-0.1, -0.05) is 13.3 Å². The lowest BCUT2D eigenvalue weighted by atomic mass is 10.4. The molecule has 0 radical (unpaired) electrons. The van der Waals surface area contributed by atoms with Gasteiger partial charge in [0.05, 0.1) is 6.26 Å². The highest BCUT2D eigenvalue weighted by atomic mass is 16.4. The molecule has 0 saturated carbocycles. The Bertz CT molecular complexity index is 156. The Kier molecular flexibility index (Phi) is 7.74. The first-order valence-corrected chi connectivity index (χ1v) is 4.09. The van der Waals surface area contributed by atoms with Crippen LogP contribution in [0.25, 0.3) is 0 Å². The molecular weight excluding hydrogens is 156 g/mol. The molecule has 0 aliphatic rings. The van der Waals surface area contributed by atoms with Gasteiger partial charge in [-0.05, 0) is 18.6 Å². The van der Waals surface area contributed by atoms with E-state index in [4.69, 9.17) is 14.6 Å². The topological polar surface area (TPSA) is 53.6 Å².